The summed E-state index contributed by atoms with van der Waals surface area (Å²) in [7, 11) is -2.77. The molecule has 4 aromatic rings. The van der Waals surface area contributed by atoms with Crippen LogP contribution in [-0.4, -0.2) is 88.1 Å². The first kappa shape index (κ1) is 58.2. The zero-order chi connectivity index (χ0) is 51.6. The van der Waals surface area contributed by atoms with Crippen molar-refractivity contribution in [3.63, 3.8) is 0 Å². The zero-order valence-corrected chi connectivity index (χ0v) is 43.0. The lowest BCUT2D eigenvalue weighted by molar-refractivity contribution is -0.151. The molecule has 14 nitrogen and oxygen atoms in total. The van der Waals surface area contributed by atoms with E-state index in [2.05, 4.69) is 36.0 Å². The Morgan fingerprint density at radius 2 is 1.77 bits per heavy atom. The molecule has 0 radical (unpaired) electrons. The van der Waals surface area contributed by atoms with Gasteiger partial charge in [0.2, 0.25) is 5.78 Å². The van der Waals surface area contributed by atoms with Crippen molar-refractivity contribution in [2.24, 2.45) is 18.1 Å². The summed E-state index contributed by atoms with van der Waals surface area (Å²) in [5.41, 5.74) is -0.859. The summed E-state index contributed by atoms with van der Waals surface area (Å²) in [6.45, 7) is 14.0. The SMILES string of the molecule is CCCC(=NOCC)C1=C(O)CC(CC(C)SCC)CC1=O.CCCCCC(C)OC(=O)COc1ccc(Cl)c2cccnc12.Cc1[nH]n(C)c(=O)c1C(=O)c1ccc(C(F)(F)F)cc1S(C)(=O)=O. The fraction of sp³-hybridized carbons (Fsp3) is 0.510. The largest absolute Gasteiger partial charge is 0.511 e. The lowest BCUT2D eigenvalue weighted by atomic mass is 9.82. The van der Waals surface area contributed by atoms with Crippen molar-refractivity contribution in [2.45, 2.75) is 129 Å². The van der Waals surface area contributed by atoms with Crippen LogP contribution in [0, 0.1) is 12.8 Å². The van der Waals surface area contributed by atoms with Gasteiger partial charge in [-0.15, -0.1) is 0 Å². The van der Waals surface area contributed by atoms with E-state index in [0.717, 1.165) is 60.4 Å². The number of benzene rings is 2. The molecule has 5 rings (SSSR count). The Balaban J connectivity index is 0.000000274. The number of oxime groups is 1. The van der Waals surface area contributed by atoms with Gasteiger partial charge in [-0.2, -0.15) is 24.9 Å². The number of carbonyl (C=O) groups is 3. The standard InChI is InChI=1S/C18H22ClNO3.C17H29NO3S.C14H13F3N2O4S/c1-3-4-5-7-13(2)23-17(21)12-22-16-10-9-15(19)14-8-6-11-20-18(14)16;1-5-8-14(18-21-6-2)17-15(19)10-13(11-16(17)20)9-12(4)22-7-3;1-7-11(13(21)19(2)18-7)12(20)9-5-4-8(14(15,16)17)6-10(9)24(3,22)23/h6,8-11,13H,3-5,7,12H2,1-2H3;12-13,19H,5-11H2,1-4H3;4-6,18H,1-3H3. The number of sulfone groups is 1. The lowest BCUT2D eigenvalue weighted by Gasteiger charge is -2.25. The number of fused-ring (bicyclic) bond motifs is 1. The Bertz CT molecular complexity index is 2630. The van der Waals surface area contributed by atoms with Gasteiger partial charge >= 0.3 is 12.1 Å². The molecule has 1 aliphatic rings. The fourth-order valence-electron chi connectivity index (χ4n) is 7.53. The van der Waals surface area contributed by atoms with Crippen LogP contribution in [0.4, 0.5) is 13.2 Å². The average Bonchev–Trinajstić information content (AvgIpc) is 3.53. The molecule has 380 valence electrons. The van der Waals surface area contributed by atoms with Crippen LogP contribution in [0.3, 0.4) is 0 Å². The van der Waals surface area contributed by atoms with Crippen LogP contribution in [0.5, 0.6) is 5.75 Å². The molecule has 0 aliphatic heterocycles. The molecule has 2 N–H and O–H groups in total. The van der Waals surface area contributed by atoms with E-state index < -0.39 is 43.4 Å². The van der Waals surface area contributed by atoms with Gasteiger partial charge in [0.25, 0.3) is 5.56 Å². The zero-order valence-electron chi connectivity index (χ0n) is 40.6. The first-order valence-electron chi connectivity index (χ1n) is 22.8. The molecule has 2 aromatic heterocycles. The number of thioether (sulfide) groups is 1. The van der Waals surface area contributed by atoms with Gasteiger partial charge in [0, 0.05) is 54.2 Å². The van der Waals surface area contributed by atoms with Crippen molar-refractivity contribution >= 4 is 67.4 Å². The summed E-state index contributed by atoms with van der Waals surface area (Å²) in [6.07, 6.45) is 5.33. The van der Waals surface area contributed by atoms with Gasteiger partial charge in [0.05, 0.1) is 32.9 Å². The van der Waals surface area contributed by atoms with Gasteiger partial charge in [0.15, 0.2) is 22.2 Å². The predicted octanol–water partition coefficient (Wildman–Crippen LogP) is 11.0. The Kier molecular flexibility index (Phi) is 23.0. The number of aryl methyl sites for hydroxylation is 2. The molecule has 0 amide bonds. The lowest BCUT2D eigenvalue weighted by Crippen LogP contribution is -2.26. The maximum absolute atomic E-state index is 12.8. The number of H-pyrrole nitrogens is 1. The molecule has 0 bridgehead atoms. The number of alkyl halides is 3. The van der Waals surface area contributed by atoms with Crippen molar-refractivity contribution in [1.82, 2.24) is 14.8 Å². The summed E-state index contributed by atoms with van der Waals surface area (Å²) in [4.78, 5) is 57.5. The summed E-state index contributed by atoms with van der Waals surface area (Å²) in [5.74, 6) is 0.727. The third kappa shape index (κ3) is 17.3. The second-order valence-corrected chi connectivity index (χ2v) is 20.6. The van der Waals surface area contributed by atoms with Gasteiger partial charge in [-0.3, -0.25) is 29.1 Å². The number of aromatic nitrogens is 3. The van der Waals surface area contributed by atoms with Crippen LogP contribution >= 0.6 is 23.4 Å². The van der Waals surface area contributed by atoms with Gasteiger partial charge in [-0.05, 0) is 101 Å². The smallest absolute Gasteiger partial charge is 0.416 e. The number of allylic oxidation sites excluding steroid dienone is 2. The van der Waals surface area contributed by atoms with Crippen LogP contribution in [0.1, 0.15) is 127 Å². The van der Waals surface area contributed by atoms with Gasteiger partial charge in [0.1, 0.15) is 29.2 Å². The van der Waals surface area contributed by atoms with E-state index in [1.54, 1.807) is 18.3 Å². The number of unbranched alkanes of at least 4 members (excludes halogenated alkanes) is 2. The number of ketones is 2. The second kappa shape index (κ2) is 27.3. The Labute approximate surface area is 411 Å². The van der Waals surface area contributed by atoms with Crippen LogP contribution in [-0.2, 0) is 42.2 Å². The van der Waals surface area contributed by atoms with Gasteiger partial charge < -0.3 is 19.4 Å². The summed E-state index contributed by atoms with van der Waals surface area (Å²) >= 11 is 8.03. The number of hydrogen-bond donors (Lipinski definition) is 2. The van der Waals surface area contributed by atoms with Gasteiger partial charge in [-0.1, -0.05) is 63.7 Å². The minimum absolute atomic E-state index is 0.00866. The Morgan fingerprint density at radius 1 is 1.06 bits per heavy atom. The van der Waals surface area contributed by atoms with Crippen molar-refractivity contribution in [1.29, 1.82) is 0 Å². The molecule has 2 aromatic carbocycles. The third-order valence-corrected chi connectivity index (χ3v) is 13.3. The predicted molar refractivity (Wildman–Crippen MR) is 264 cm³/mol. The number of esters is 1. The highest BCUT2D eigenvalue weighted by atomic mass is 35.5. The fourth-order valence-corrected chi connectivity index (χ4v) is 9.62. The minimum Gasteiger partial charge on any atom is -0.511 e. The summed E-state index contributed by atoms with van der Waals surface area (Å²) in [6, 6.07) is 8.90. The van der Waals surface area contributed by atoms with Crippen LogP contribution in [0.25, 0.3) is 10.9 Å². The quantitative estimate of drug-likeness (QED) is 0.0280. The monoisotopic (exact) mass is 1020 g/mol. The highest BCUT2D eigenvalue weighted by Crippen LogP contribution is 2.34. The molecule has 1 aliphatic carbocycles. The molecule has 0 spiro atoms. The van der Waals surface area contributed by atoms with Gasteiger partial charge in [-0.25, -0.2) is 13.2 Å². The molecule has 20 heteroatoms. The van der Waals surface area contributed by atoms with E-state index in [4.69, 9.17) is 25.9 Å². The Morgan fingerprint density at radius 3 is 2.35 bits per heavy atom. The molecule has 0 saturated heterocycles. The van der Waals surface area contributed by atoms with Crippen molar-refractivity contribution < 1.29 is 55.4 Å². The summed E-state index contributed by atoms with van der Waals surface area (Å²) < 4.78 is 74.0. The van der Waals surface area contributed by atoms with E-state index >= 15 is 0 Å². The van der Waals surface area contributed by atoms with Crippen LogP contribution < -0.4 is 10.3 Å². The van der Waals surface area contributed by atoms with Crippen molar-refractivity contribution in [2.75, 3.05) is 25.2 Å². The van der Waals surface area contributed by atoms with Crippen molar-refractivity contribution in [3.8, 4) is 5.75 Å². The number of pyridine rings is 1. The number of Topliss-reactive ketones (excluding diaryl/α,β-unsaturated/α-hetero) is 1. The maximum Gasteiger partial charge on any atom is 0.416 e. The first-order valence-corrected chi connectivity index (χ1v) is 26.1. The first-order chi connectivity index (χ1) is 32.5. The van der Waals surface area contributed by atoms with E-state index in [0.29, 0.717) is 77.1 Å². The van der Waals surface area contributed by atoms with Crippen molar-refractivity contribution in [3.05, 3.63) is 97.8 Å². The van der Waals surface area contributed by atoms with E-state index in [-0.39, 0.29) is 47.4 Å². The molecule has 0 fully saturated rings. The molecule has 2 heterocycles. The number of ether oxygens (including phenoxy) is 2. The van der Waals surface area contributed by atoms with E-state index in [9.17, 15) is 45.9 Å². The number of hydrogen-bond acceptors (Lipinski definition) is 13. The molecule has 0 saturated carbocycles. The highest BCUT2D eigenvalue weighted by molar-refractivity contribution is 7.99. The number of aromatic amines is 1. The molecule has 3 unspecified atom stereocenters. The summed E-state index contributed by atoms with van der Waals surface area (Å²) in [5, 5.41) is 18.9. The second-order valence-electron chi connectivity index (χ2n) is 16.5. The third-order valence-electron chi connectivity index (χ3n) is 10.7. The molecular formula is C49H64ClF3N4O10S2. The molecule has 69 heavy (non-hydrogen) atoms. The van der Waals surface area contributed by atoms with E-state index in [1.165, 1.54) is 14.0 Å². The maximum atomic E-state index is 12.8. The average molecular weight is 1030 g/mol. The number of carbonyl (C=O) groups excluding carboxylic acids is 3. The van der Waals surface area contributed by atoms with Crippen LogP contribution in [0.15, 0.2) is 74.8 Å². The number of aliphatic hydroxyl groups is 1. The number of rotatable bonds is 20. The number of aliphatic hydroxyl groups excluding tert-OH is 1. The topological polar surface area (TPSA) is 196 Å². The number of nitrogens with one attached hydrogen (secondary N) is 1. The highest BCUT2D eigenvalue weighted by Gasteiger charge is 2.34. The normalized spacial score (nSPS) is 15.1. The number of nitrogens with zero attached hydrogens (tertiary/aromatic N) is 3. The van der Waals surface area contributed by atoms with Crippen LogP contribution in [0.2, 0.25) is 5.02 Å². The number of halogens is 4. The minimum atomic E-state index is -4.76. The molecule has 3 atom stereocenters. The molecular weight excluding hydrogens is 961 g/mol. The van der Waals surface area contributed by atoms with E-state index in [1.807, 2.05) is 44.7 Å². The Hall–Kier alpha value is -5.14.